The normalized spacial score (nSPS) is 15.9. The van der Waals surface area contributed by atoms with E-state index in [4.69, 9.17) is 20.5 Å². The Bertz CT molecular complexity index is 1270. The molecule has 1 aliphatic heterocycles. The maximum Gasteiger partial charge on any atom is 0.293 e. The van der Waals surface area contributed by atoms with Gasteiger partial charge in [-0.25, -0.2) is 9.37 Å². The Morgan fingerprint density at radius 3 is 2.84 bits per heavy atom. The first-order valence-electron chi connectivity index (χ1n) is 10.3. The lowest BCUT2D eigenvalue weighted by Crippen LogP contribution is -2.30. The minimum Gasteiger partial charge on any atom is -0.443 e. The van der Waals surface area contributed by atoms with Crippen LogP contribution in [0.1, 0.15) is 46.7 Å². The van der Waals surface area contributed by atoms with Crippen LogP contribution in [-0.4, -0.2) is 27.5 Å². The molecule has 3 heterocycles. The van der Waals surface area contributed by atoms with Crippen LogP contribution in [0.2, 0.25) is 5.02 Å². The molecule has 0 unspecified atom stereocenters. The summed E-state index contributed by atoms with van der Waals surface area (Å²) in [6, 6.07) is 15.0. The fourth-order valence-corrected chi connectivity index (χ4v) is 4.17. The molecule has 1 saturated heterocycles. The summed E-state index contributed by atoms with van der Waals surface area (Å²) >= 11 is 6.24. The van der Waals surface area contributed by atoms with Crippen LogP contribution in [0.3, 0.4) is 0 Å². The van der Waals surface area contributed by atoms with Crippen LogP contribution >= 0.6 is 11.6 Å². The second-order valence-electron chi connectivity index (χ2n) is 7.65. The third kappa shape index (κ3) is 3.91. The predicted octanol–water partition coefficient (Wildman–Crippen LogP) is 5.69. The molecule has 32 heavy (non-hydrogen) atoms. The summed E-state index contributed by atoms with van der Waals surface area (Å²) < 4.78 is 25.3. The Kier molecular flexibility index (Phi) is 5.49. The third-order valence-corrected chi connectivity index (χ3v) is 5.93. The highest BCUT2D eigenvalue weighted by molar-refractivity contribution is 6.31. The van der Waals surface area contributed by atoms with Crippen molar-refractivity contribution in [2.75, 3.05) is 6.54 Å². The summed E-state index contributed by atoms with van der Waals surface area (Å²) in [5.74, 6) is 0.455. The van der Waals surface area contributed by atoms with Gasteiger partial charge in [0.05, 0.1) is 6.20 Å². The van der Waals surface area contributed by atoms with Crippen molar-refractivity contribution in [2.45, 2.75) is 25.3 Å². The molecule has 1 amide bonds. The van der Waals surface area contributed by atoms with Crippen LogP contribution in [0.5, 0.6) is 0 Å². The van der Waals surface area contributed by atoms with E-state index in [-0.39, 0.29) is 29.0 Å². The first-order chi connectivity index (χ1) is 15.6. The van der Waals surface area contributed by atoms with Crippen molar-refractivity contribution < 1.29 is 18.1 Å². The number of carbonyl (C=O) groups excluding carboxylic acids is 1. The quantitative estimate of drug-likeness (QED) is 0.389. The minimum absolute atomic E-state index is 0.0537. The Labute approximate surface area is 188 Å². The zero-order valence-corrected chi connectivity index (χ0v) is 17.8. The minimum atomic E-state index is -0.426. The van der Waals surface area contributed by atoms with Crippen LogP contribution < -0.4 is 0 Å². The van der Waals surface area contributed by atoms with Crippen LogP contribution in [0.15, 0.2) is 69.7 Å². The number of benzene rings is 2. The monoisotopic (exact) mass is 451 g/mol. The van der Waals surface area contributed by atoms with Crippen molar-refractivity contribution in [3.05, 3.63) is 94.6 Å². The van der Waals surface area contributed by atoms with E-state index >= 15 is 0 Å². The summed E-state index contributed by atoms with van der Waals surface area (Å²) in [6.45, 7) is 0.543. The first kappa shape index (κ1) is 20.5. The Balaban J connectivity index is 1.34. The van der Waals surface area contributed by atoms with E-state index in [9.17, 15) is 9.18 Å². The molecule has 2 aromatic carbocycles. The highest BCUT2D eigenvalue weighted by Crippen LogP contribution is 2.34. The van der Waals surface area contributed by atoms with Gasteiger partial charge < -0.3 is 13.8 Å². The summed E-state index contributed by atoms with van der Waals surface area (Å²) in [6.07, 6.45) is 3.73. The van der Waals surface area contributed by atoms with E-state index in [1.807, 2.05) is 24.3 Å². The van der Waals surface area contributed by atoms with E-state index < -0.39 is 5.82 Å². The number of amides is 1. The van der Waals surface area contributed by atoms with Crippen molar-refractivity contribution in [3.8, 4) is 11.3 Å². The molecule has 2 aromatic heterocycles. The zero-order valence-electron chi connectivity index (χ0n) is 17.0. The molecule has 8 heteroatoms. The number of aromatic nitrogens is 2. The van der Waals surface area contributed by atoms with Gasteiger partial charge in [-0.3, -0.25) is 4.79 Å². The van der Waals surface area contributed by atoms with Crippen LogP contribution in [-0.2, 0) is 6.42 Å². The van der Waals surface area contributed by atoms with Gasteiger partial charge in [0.2, 0.25) is 11.7 Å². The molecule has 6 nitrogen and oxygen atoms in total. The number of likely N-dealkylation sites (tertiary alicyclic amines) is 1. The lowest BCUT2D eigenvalue weighted by Gasteiger charge is -2.20. The lowest BCUT2D eigenvalue weighted by atomic mass is 10.1. The average molecular weight is 452 g/mol. The molecular formula is C24H19ClFN3O3. The molecule has 0 radical (unpaired) electrons. The Hall–Kier alpha value is -3.45. The molecule has 4 aromatic rings. The summed E-state index contributed by atoms with van der Waals surface area (Å²) in [5, 5.41) is 4.55. The topological polar surface area (TPSA) is 72.4 Å². The van der Waals surface area contributed by atoms with E-state index in [2.05, 4.69) is 10.1 Å². The molecular weight excluding hydrogens is 433 g/mol. The maximum absolute atomic E-state index is 14.0. The highest BCUT2D eigenvalue weighted by Gasteiger charge is 2.35. The molecule has 1 atom stereocenters. The summed E-state index contributed by atoms with van der Waals surface area (Å²) in [7, 11) is 0. The SMILES string of the molecule is O=C(c1cc(-c2ccccc2F)no1)N1CCC[C@@H]1c1ncc(Cc2ccccc2Cl)o1. The largest absolute Gasteiger partial charge is 0.443 e. The number of hydrogen-bond donors (Lipinski definition) is 0. The molecule has 0 bridgehead atoms. The van der Waals surface area contributed by atoms with Gasteiger partial charge in [-0.1, -0.05) is 47.1 Å². The molecule has 0 spiro atoms. The Morgan fingerprint density at radius 1 is 1.19 bits per heavy atom. The van der Waals surface area contributed by atoms with E-state index in [1.165, 1.54) is 12.1 Å². The smallest absolute Gasteiger partial charge is 0.293 e. The van der Waals surface area contributed by atoms with Crippen molar-refractivity contribution >= 4 is 17.5 Å². The fraction of sp³-hybridized carbons (Fsp3) is 0.208. The van der Waals surface area contributed by atoms with E-state index in [0.29, 0.717) is 29.6 Å². The van der Waals surface area contributed by atoms with Crippen molar-refractivity contribution in [2.24, 2.45) is 0 Å². The highest BCUT2D eigenvalue weighted by atomic mass is 35.5. The molecule has 0 N–H and O–H groups in total. The van der Waals surface area contributed by atoms with Gasteiger partial charge in [-0.2, -0.15) is 0 Å². The predicted molar refractivity (Wildman–Crippen MR) is 116 cm³/mol. The number of oxazole rings is 1. The first-order valence-corrected chi connectivity index (χ1v) is 10.7. The van der Waals surface area contributed by atoms with Gasteiger partial charge in [0.15, 0.2) is 0 Å². The maximum atomic E-state index is 14.0. The standard InChI is InChI=1S/C24H19ClFN3O3/c25-18-8-3-1-6-15(18)12-16-14-27-23(31-16)21-10-5-11-29(21)24(30)22-13-20(28-32-22)17-7-2-4-9-19(17)26/h1-4,6-9,13-14,21H,5,10-12H2/t21-/m1/s1. The second kappa shape index (κ2) is 8.59. The molecule has 5 rings (SSSR count). The van der Waals surface area contributed by atoms with Crippen molar-refractivity contribution in [1.82, 2.24) is 15.0 Å². The number of nitrogens with zero attached hydrogens (tertiary/aromatic N) is 3. The molecule has 162 valence electrons. The molecule has 0 aliphatic carbocycles. The average Bonchev–Trinajstić information content (AvgIpc) is 3.56. The molecule has 0 saturated carbocycles. The van der Waals surface area contributed by atoms with Gasteiger partial charge in [-0.15, -0.1) is 0 Å². The van der Waals surface area contributed by atoms with Crippen molar-refractivity contribution in [1.29, 1.82) is 0 Å². The number of rotatable bonds is 5. The zero-order chi connectivity index (χ0) is 22.1. The summed E-state index contributed by atoms with van der Waals surface area (Å²) in [5.41, 5.74) is 1.50. The van der Waals surface area contributed by atoms with Gasteiger partial charge in [0.25, 0.3) is 5.91 Å². The molecule has 1 aliphatic rings. The number of hydrogen-bond acceptors (Lipinski definition) is 5. The lowest BCUT2D eigenvalue weighted by molar-refractivity contribution is 0.0672. The molecule has 1 fully saturated rings. The van der Waals surface area contributed by atoms with Gasteiger partial charge >= 0.3 is 0 Å². The second-order valence-corrected chi connectivity index (χ2v) is 8.05. The fourth-order valence-electron chi connectivity index (χ4n) is 3.97. The van der Waals surface area contributed by atoms with E-state index in [0.717, 1.165) is 18.4 Å². The van der Waals surface area contributed by atoms with Crippen LogP contribution in [0.4, 0.5) is 4.39 Å². The van der Waals surface area contributed by atoms with Crippen LogP contribution in [0.25, 0.3) is 11.3 Å². The van der Waals surface area contributed by atoms with Gasteiger partial charge in [0, 0.05) is 29.6 Å². The summed E-state index contributed by atoms with van der Waals surface area (Å²) in [4.78, 5) is 19.2. The number of carbonyl (C=O) groups is 1. The Morgan fingerprint density at radius 2 is 2.00 bits per heavy atom. The van der Waals surface area contributed by atoms with Crippen LogP contribution in [0, 0.1) is 5.82 Å². The van der Waals surface area contributed by atoms with Gasteiger partial charge in [-0.05, 0) is 36.6 Å². The third-order valence-electron chi connectivity index (χ3n) is 5.56. The van der Waals surface area contributed by atoms with E-state index in [1.54, 1.807) is 29.3 Å². The van der Waals surface area contributed by atoms with Crippen molar-refractivity contribution in [3.63, 3.8) is 0 Å². The number of halogens is 2. The van der Waals surface area contributed by atoms with Gasteiger partial charge in [0.1, 0.15) is 23.3 Å².